The van der Waals surface area contributed by atoms with Crippen LogP contribution in [-0.4, -0.2) is 33.3 Å². The van der Waals surface area contributed by atoms with Gasteiger partial charge in [0.05, 0.1) is 16.6 Å². The Balaban J connectivity index is 1.84. The van der Waals surface area contributed by atoms with Gasteiger partial charge in [-0.05, 0) is 69.7 Å². The molecule has 0 aliphatic heterocycles. The molecule has 0 fully saturated rings. The Morgan fingerprint density at radius 3 is 2.57 bits per heavy atom. The number of hydrogen-bond acceptors (Lipinski definition) is 5. The van der Waals surface area contributed by atoms with Crippen LogP contribution in [0, 0.1) is 0 Å². The number of phenols is 2. The van der Waals surface area contributed by atoms with Crippen molar-refractivity contribution in [2.24, 2.45) is 0 Å². The maximum atomic E-state index is 12.4. The summed E-state index contributed by atoms with van der Waals surface area (Å²) < 4.78 is 5.79. The number of hydrogen-bond donors (Lipinski definition) is 3. The number of carbonyl (C=O) groups is 1. The quantitative estimate of drug-likeness (QED) is 0.570. The number of allylic oxidation sites excluding steroid dienone is 3. The minimum absolute atomic E-state index is 0.0552. The number of ketones is 1. The van der Waals surface area contributed by atoms with Crippen molar-refractivity contribution in [1.82, 2.24) is 0 Å². The van der Waals surface area contributed by atoms with Gasteiger partial charge in [0.15, 0.2) is 5.78 Å². The van der Waals surface area contributed by atoms with E-state index in [9.17, 15) is 20.1 Å². The Kier molecular flexibility index (Phi) is 6.22. The largest absolute Gasteiger partial charge is 0.507 e. The third kappa shape index (κ3) is 4.85. The van der Waals surface area contributed by atoms with Crippen molar-refractivity contribution in [3.05, 3.63) is 52.6 Å². The molecule has 1 atom stereocenters. The second-order valence-electron chi connectivity index (χ2n) is 8.76. The molecule has 0 aromatic heterocycles. The molecule has 5 heteroatoms. The van der Waals surface area contributed by atoms with Gasteiger partial charge in [-0.3, -0.25) is 4.79 Å². The molecule has 30 heavy (non-hydrogen) atoms. The van der Waals surface area contributed by atoms with Crippen molar-refractivity contribution >= 4 is 16.6 Å². The summed E-state index contributed by atoms with van der Waals surface area (Å²) in [7, 11) is 0. The van der Waals surface area contributed by atoms with E-state index in [1.165, 1.54) is 17.2 Å². The van der Waals surface area contributed by atoms with Crippen LogP contribution in [-0.2, 0) is 6.42 Å². The Bertz CT molecular complexity index is 1040. The van der Waals surface area contributed by atoms with Crippen LogP contribution < -0.4 is 4.74 Å². The van der Waals surface area contributed by atoms with Crippen LogP contribution >= 0.6 is 0 Å². The molecule has 1 aliphatic rings. The van der Waals surface area contributed by atoms with E-state index in [1.807, 2.05) is 6.08 Å². The highest BCUT2D eigenvalue weighted by Gasteiger charge is 2.35. The lowest BCUT2D eigenvalue weighted by atomic mass is 9.79. The predicted molar refractivity (Wildman–Crippen MR) is 118 cm³/mol. The normalized spacial score (nSPS) is 19.0. The summed E-state index contributed by atoms with van der Waals surface area (Å²) in [5, 5.41) is 32.3. The van der Waals surface area contributed by atoms with Crippen LogP contribution in [0.15, 0.2) is 41.5 Å². The predicted octanol–water partition coefficient (Wildman–Crippen LogP) is 5.20. The van der Waals surface area contributed by atoms with E-state index in [1.54, 1.807) is 19.1 Å². The summed E-state index contributed by atoms with van der Waals surface area (Å²) in [6.07, 6.45) is 6.38. The summed E-state index contributed by atoms with van der Waals surface area (Å²) in [5.74, 6) is -0.227. The first-order chi connectivity index (χ1) is 14.1. The van der Waals surface area contributed by atoms with Crippen LogP contribution in [0.5, 0.6) is 17.2 Å². The second kappa shape index (κ2) is 8.52. The summed E-state index contributed by atoms with van der Waals surface area (Å²) >= 11 is 0. The molecular weight excluding hydrogens is 380 g/mol. The number of rotatable bonds is 6. The Morgan fingerprint density at radius 1 is 1.13 bits per heavy atom. The van der Waals surface area contributed by atoms with E-state index in [0.29, 0.717) is 23.3 Å². The monoisotopic (exact) mass is 410 g/mol. The lowest BCUT2D eigenvalue weighted by molar-refractivity contribution is 0.0409. The Labute approximate surface area is 177 Å². The number of fused-ring (bicyclic) bond motifs is 2. The third-order valence-electron chi connectivity index (χ3n) is 5.41. The summed E-state index contributed by atoms with van der Waals surface area (Å²) in [5.41, 5.74) is 2.15. The molecule has 5 nitrogen and oxygen atoms in total. The molecule has 0 bridgehead atoms. The van der Waals surface area contributed by atoms with Gasteiger partial charge in [-0.15, -0.1) is 0 Å². The van der Waals surface area contributed by atoms with Crippen molar-refractivity contribution in [1.29, 1.82) is 0 Å². The number of Topliss-reactive ketones (excluding diaryl/α,β-unsaturated/α-hetero) is 1. The van der Waals surface area contributed by atoms with E-state index in [2.05, 4.69) is 26.8 Å². The molecule has 3 rings (SSSR count). The highest BCUT2D eigenvalue weighted by molar-refractivity contribution is 6.09. The molecule has 0 amide bonds. The van der Waals surface area contributed by atoms with Gasteiger partial charge in [-0.1, -0.05) is 17.2 Å². The Morgan fingerprint density at radius 2 is 1.87 bits per heavy atom. The lowest BCUT2D eigenvalue weighted by Crippen LogP contribution is -2.35. The highest BCUT2D eigenvalue weighted by atomic mass is 16.5. The summed E-state index contributed by atoms with van der Waals surface area (Å²) in [6.45, 7) is 8.21. The fraction of sp³-hybridized carbons (Fsp3) is 0.400. The minimum atomic E-state index is -1.14. The average molecular weight is 411 g/mol. The van der Waals surface area contributed by atoms with Gasteiger partial charge in [0.1, 0.15) is 23.9 Å². The van der Waals surface area contributed by atoms with Crippen LogP contribution in [0.1, 0.15) is 62.9 Å². The molecule has 160 valence electrons. The van der Waals surface area contributed by atoms with Gasteiger partial charge in [0.25, 0.3) is 0 Å². The SMILES string of the molecule is CC(C)=CCC/C(C)=C/COc1cc(O)c2c(O)c3c(cc2c1)C[C@@](C)(O)CC3=O. The van der Waals surface area contributed by atoms with Crippen LogP contribution in [0.3, 0.4) is 0 Å². The number of benzene rings is 2. The van der Waals surface area contributed by atoms with Crippen molar-refractivity contribution in [3.8, 4) is 17.2 Å². The van der Waals surface area contributed by atoms with Crippen LogP contribution in [0.4, 0.5) is 0 Å². The molecule has 0 unspecified atom stereocenters. The zero-order chi connectivity index (χ0) is 22.1. The molecule has 2 aromatic carbocycles. The number of carbonyl (C=O) groups excluding carboxylic acids is 1. The van der Waals surface area contributed by atoms with Gasteiger partial charge in [0, 0.05) is 18.9 Å². The van der Waals surface area contributed by atoms with Crippen LogP contribution in [0.2, 0.25) is 0 Å². The van der Waals surface area contributed by atoms with Crippen molar-refractivity contribution < 1.29 is 24.9 Å². The summed E-state index contributed by atoms with van der Waals surface area (Å²) in [6, 6.07) is 4.92. The van der Waals surface area contributed by atoms with Crippen molar-refractivity contribution in [3.63, 3.8) is 0 Å². The Hall–Kier alpha value is -2.79. The lowest BCUT2D eigenvalue weighted by Gasteiger charge is -2.29. The first-order valence-corrected chi connectivity index (χ1v) is 10.3. The maximum absolute atomic E-state index is 12.4. The smallest absolute Gasteiger partial charge is 0.169 e. The molecule has 1 aliphatic carbocycles. The van der Waals surface area contributed by atoms with Gasteiger partial charge in [-0.25, -0.2) is 0 Å². The number of aromatic hydroxyl groups is 2. The fourth-order valence-electron chi connectivity index (χ4n) is 3.94. The number of aliphatic hydroxyl groups is 1. The second-order valence-corrected chi connectivity index (χ2v) is 8.76. The highest BCUT2D eigenvalue weighted by Crippen LogP contribution is 2.43. The fourth-order valence-corrected chi connectivity index (χ4v) is 3.94. The minimum Gasteiger partial charge on any atom is -0.507 e. The average Bonchev–Trinajstić information content (AvgIpc) is 2.59. The number of ether oxygens (including phenoxy) is 1. The van der Waals surface area contributed by atoms with E-state index in [0.717, 1.165) is 12.8 Å². The summed E-state index contributed by atoms with van der Waals surface area (Å²) in [4.78, 5) is 12.4. The van der Waals surface area contributed by atoms with Crippen molar-refractivity contribution in [2.45, 2.75) is 59.0 Å². The molecule has 0 saturated carbocycles. The van der Waals surface area contributed by atoms with Crippen LogP contribution in [0.25, 0.3) is 10.8 Å². The van der Waals surface area contributed by atoms with E-state index in [4.69, 9.17) is 4.74 Å². The standard InChI is InChI=1S/C25H30O5/c1-15(2)6-5-7-16(3)8-9-30-19-11-17-10-18-13-25(4,29)14-21(27)23(18)24(28)22(17)20(26)12-19/h6,8,10-12,26,28-29H,5,7,9,13-14H2,1-4H3/b16-8+/t25-/m1/s1. The van der Waals surface area contributed by atoms with Gasteiger partial charge in [0.2, 0.25) is 0 Å². The van der Waals surface area contributed by atoms with E-state index < -0.39 is 5.60 Å². The van der Waals surface area contributed by atoms with Crippen molar-refractivity contribution in [2.75, 3.05) is 6.61 Å². The molecule has 0 radical (unpaired) electrons. The van der Waals surface area contributed by atoms with E-state index >= 15 is 0 Å². The zero-order valence-electron chi connectivity index (χ0n) is 18.1. The topological polar surface area (TPSA) is 87.0 Å². The first-order valence-electron chi connectivity index (χ1n) is 10.3. The molecule has 2 aromatic rings. The van der Waals surface area contributed by atoms with Gasteiger partial charge >= 0.3 is 0 Å². The zero-order valence-corrected chi connectivity index (χ0v) is 18.1. The molecular formula is C25H30O5. The first kappa shape index (κ1) is 21.9. The van der Waals surface area contributed by atoms with Gasteiger partial charge < -0.3 is 20.1 Å². The molecule has 0 heterocycles. The molecule has 3 N–H and O–H groups in total. The molecule has 0 saturated heterocycles. The number of phenolic OH excluding ortho intramolecular Hbond substituents is 2. The third-order valence-corrected chi connectivity index (χ3v) is 5.41. The molecule has 0 spiro atoms. The maximum Gasteiger partial charge on any atom is 0.169 e. The van der Waals surface area contributed by atoms with E-state index in [-0.39, 0.29) is 41.1 Å². The van der Waals surface area contributed by atoms with Gasteiger partial charge in [-0.2, -0.15) is 0 Å².